The van der Waals surface area contributed by atoms with Crippen molar-refractivity contribution >= 4 is 11.9 Å². The van der Waals surface area contributed by atoms with E-state index in [1.54, 1.807) is 0 Å². The summed E-state index contributed by atoms with van der Waals surface area (Å²) in [5.41, 5.74) is 9.09. The zero-order valence-corrected chi connectivity index (χ0v) is 37.6. The maximum Gasteiger partial charge on any atom is 0.311 e. The third kappa shape index (κ3) is 19.8. The minimum atomic E-state index is -0.424. The highest BCUT2D eigenvalue weighted by Crippen LogP contribution is 2.25. The molecule has 3 aromatic rings. The number of benzene rings is 3. The monoisotopic (exact) mass is 759 g/mol. The number of aryl methyl sites for hydroxylation is 3. The fraction of sp³-hybridized carbons (Fsp3) is 0.608. The predicted molar refractivity (Wildman–Crippen MR) is 238 cm³/mol. The lowest BCUT2D eigenvalue weighted by Gasteiger charge is -2.21. The number of ether oxygens (including phenoxy) is 2. The van der Waals surface area contributed by atoms with Gasteiger partial charge in [-0.25, -0.2) is 0 Å². The van der Waals surface area contributed by atoms with Crippen LogP contribution >= 0.6 is 0 Å². The molecule has 2 unspecified atom stereocenters. The molecule has 0 radical (unpaired) electrons. The normalized spacial score (nSPS) is 12.8. The molecule has 3 aromatic carbocycles. The van der Waals surface area contributed by atoms with Crippen LogP contribution in [0.5, 0.6) is 0 Å². The van der Waals surface area contributed by atoms with E-state index in [1.165, 1.54) is 38.9 Å². The molecule has 0 amide bonds. The van der Waals surface area contributed by atoms with Gasteiger partial charge in [-0.3, -0.25) is 9.59 Å². The van der Waals surface area contributed by atoms with E-state index in [1.807, 2.05) is 41.5 Å². The molecule has 0 spiro atoms. The van der Waals surface area contributed by atoms with E-state index in [-0.39, 0.29) is 30.2 Å². The third-order valence-electron chi connectivity index (χ3n) is 9.95. The van der Waals surface area contributed by atoms with Crippen LogP contribution in [0, 0.1) is 36.5 Å². The van der Waals surface area contributed by atoms with Crippen LogP contribution in [0.15, 0.2) is 66.7 Å². The molecule has 0 saturated heterocycles. The fourth-order valence-electron chi connectivity index (χ4n) is 5.44. The maximum absolute atomic E-state index is 11.9. The van der Waals surface area contributed by atoms with Gasteiger partial charge in [0.15, 0.2) is 0 Å². The summed E-state index contributed by atoms with van der Waals surface area (Å²) in [4.78, 5) is 23.7. The topological polar surface area (TPSA) is 52.6 Å². The van der Waals surface area contributed by atoms with Gasteiger partial charge in [0.05, 0.1) is 24.0 Å². The average molecular weight is 759 g/mol. The number of hydrogen-bond donors (Lipinski definition) is 0. The van der Waals surface area contributed by atoms with E-state index >= 15 is 0 Å². The number of hydrogen-bond acceptors (Lipinski definition) is 4. The molecule has 2 atom stereocenters. The van der Waals surface area contributed by atoms with Gasteiger partial charge in [0.2, 0.25) is 0 Å². The second-order valence-electron chi connectivity index (χ2n) is 19.3. The molecule has 0 heterocycles. The van der Waals surface area contributed by atoms with E-state index in [9.17, 15) is 9.59 Å². The number of rotatable bonds is 11. The zero-order chi connectivity index (χ0) is 41.5. The van der Waals surface area contributed by atoms with Crippen molar-refractivity contribution in [3.63, 3.8) is 0 Å². The van der Waals surface area contributed by atoms with Gasteiger partial charge in [-0.05, 0) is 149 Å². The summed E-state index contributed by atoms with van der Waals surface area (Å²) in [6.45, 7) is 36.5. The van der Waals surface area contributed by atoms with Crippen LogP contribution in [-0.4, -0.2) is 25.2 Å². The Hall–Kier alpha value is -3.40. The number of carbonyl (C=O) groups excluding carboxylic acids is 2. The molecule has 0 N–H and O–H groups in total. The fourth-order valence-corrected chi connectivity index (χ4v) is 5.44. The molecule has 3 rings (SSSR count). The Balaban J connectivity index is 0.000000819. The molecule has 310 valence electrons. The lowest BCUT2D eigenvalue weighted by Crippen LogP contribution is -2.26. The van der Waals surface area contributed by atoms with Crippen molar-refractivity contribution in [1.82, 2.24) is 0 Å². The molecule has 0 aliphatic rings. The van der Waals surface area contributed by atoms with E-state index < -0.39 is 10.8 Å². The quantitative estimate of drug-likeness (QED) is 0.183. The van der Waals surface area contributed by atoms with Crippen LogP contribution in [0.3, 0.4) is 0 Å². The minimum Gasteiger partial charge on any atom is -0.465 e. The van der Waals surface area contributed by atoms with Crippen LogP contribution in [0.25, 0.3) is 0 Å². The zero-order valence-electron chi connectivity index (χ0n) is 37.6. The SMILES string of the molecule is C.CCC(COC(=O)C(C)(C)C)Cc1ccc(C(C)(C)C)cc1.CCC(COC(=O)C(C)(C)C)Cc1ccc(C)c(C)c1.CCc1ccc(C(C)(C)C)cc1. The molecule has 55 heavy (non-hydrogen) atoms. The van der Waals surface area contributed by atoms with Crippen molar-refractivity contribution < 1.29 is 19.1 Å². The summed E-state index contributed by atoms with van der Waals surface area (Å²) in [6.07, 6.45) is 5.08. The highest BCUT2D eigenvalue weighted by atomic mass is 16.5. The Labute approximate surface area is 339 Å². The summed E-state index contributed by atoms with van der Waals surface area (Å²) in [5.74, 6) is 0.542. The highest BCUT2D eigenvalue weighted by Gasteiger charge is 2.25. The van der Waals surface area contributed by atoms with Crippen LogP contribution in [0.1, 0.15) is 163 Å². The molecular formula is C51H82O4. The Kier molecular flexibility index (Phi) is 21.6. The first-order chi connectivity index (χ1) is 24.8. The molecule has 0 fully saturated rings. The Bertz CT molecular complexity index is 1540. The Morgan fingerprint density at radius 3 is 1.16 bits per heavy atom. The molecular weight excluding hydrogens is 677 g/mol. The smallest absolute Gasteiger partial charge is 0.311 e. The first-order valence-electron chi connectivity index (χ1n) is 20.4. The number of carbonyl (C=O) groups is 2. The van der Waals surface area contributed by atoms with Crippen molar-refractivity contribution in [2.45, 2.75) is 168 Å². The molecule has 0 aliphatic carbocycles. The first-order valence-corrected chi connectivity index (χ1v) is 20.4. The average Bonchev–Trinajstić information content (AvgIpc) is 3.08. The van der Waals surface area contributed by atoms with Crippen molar-refractivity contribution in [2.24, 2.45) is 22.7 Å². The summed E-state index contributed by atoms with van der Waals surface area (Å²) in [5, 5.41) is 0. The van der Waals surface area contributed by atoms with E-state index in [0.717, 1.165) is 32.1 Å². The van der Waals surface area contributed by atoms with Gasteiger partial charge in [0.1, 0.15) is 0 Å². The molecule has 4 nitrogen and oxygen atoms in total. The van der Waals surface area contributed by atoms with Gasteiger partial charge in [-0.15, -0.1) is 0 Å². The lowest BCUT2D eigenvalue weighted by atomic mass is 9.86. The molecule has 4 heteroatoms. The highest BCUT2D eigenvalue weighted by molar-refractivity contribution is 5.75. The summed E-state index contributed by atoms with van der Waals surface area (Å²) < 4.78 is 10.9. The van der Waals surface area contributed by atoms with Gasteiger partial charge in [-0.2, -0.15) is 0 Å². The van der Waals surface area contributed by atoms with Crippen molar-refractivity contribution in [3.05, 3.63) is 106 Å². The van der Waals surface area contributed by atoms with E-state index in [4.69, 9.17) is 9.47 Å². The second-order valence-corrected chi connectivity index (χ2v) is 19.3. The van der Waals surface area contributed by atoms with Crippen molar-refractivity contribution in [1.29, 1.82) is 0 Å². The lowest BCUT2D eigenvalue weighted by molar-refractivity contribution is -0.155. The van der Waals surface area contributed by atoms with Crippen LogP contribution in [-0.2, 0) is 49.2 Å². The summed E-state index contributed by atoms with van der Waals surface area (Å²) >= 11 is 0. The Morgan fingerprint density at radius 2 is 0.855 bits per heavy atom. The molecule has 0 aromatic heterocycles. The van der Waals surface area contributed by atoms with Gasteiger partial charge in [0, 0.05) is 0 Å². The van der Waals surface area contributed by atoms with Crippen LogP contribution < -0.4 is 0 Å². The van der Waals surface area contributed by atoms with Crippen molar-refractivity contribution in [2.75, 3.05) is 13.2 Å². The van der Waals surface area contributed by atoms with Gasteiger partial charge >= 0.3 is 11.9 Å². The summed E-state index contributed by atoms with van der Waals surface area (Å²) in [6, 6.07) is 24.3. The van der Waals surface area contributed by atoms with Crippen molar-refractivity contribution in [3.8, 4) is 0 Å². The standard InChI is InChI=1S/C20H32O2.C18H28O2.C12H18.CH4/c1-8-15(14-22-18(21)20(5,6)7)13-16-9-11-17(12-10-16)19(2,3)4;1-7-15(12-20-17(19)18(4,5)6)11-16-9-8-13(2)14(3)10-16;1-5-10-6-8-11(9-7-10)12(2,3)4;/h9-12,15H,8,13-14H2,1-7H3;8-10,15H,7,11-12H2,1-6H3;6-9H,5H2,1-4H3;1H4. The van der Waals surface area contributed by atoms with Gasteiger partial charge in [0.25, 0.3) is 0 Å². The second kappa shape index (κ2) is 23.0. The Morgan fingerprint density at radius 1 is 0.509 bits per heavy atom. The summed E-state index contributed by atoms with van der Waals surface area (Å²) in [7, 11) is 0. The van der Waals surface area contributed by atoms with Crippen LogP contribution in [0.4, 0.5) is 0 Å². The molecule has 0 aliphatic heterocycles. The van der Waals surface area contributed by atoms with E-state index in [2.05, 4.69) is 143 Å². The van der Waals surface area contributed by atoms with Gasteiger partial charge < -0.3 is 9.47 Å². The first kappa shape index (κ1) is 51.6. The third-order valence-corrected chi connectivity index (χ3v) is 9.95. The van der Waals surface area contributed by atoms with E-state index in [0.29, 0.717) is 25.0 Å². The molecule has 0 saturated carbocycles. The predicted octanol–water partition coefficient (Wildman–Crippen LogP) is 13.8. The number of esters is 2. The molecule has 0 bridgehead atoms. The van der Waals surface area contributed by atoms with Crippen LogP contribution in [0.2, 0.25) is 0 Å². The maximum atomic E-state index is 11.9. The minimum absolute atomic E-state index is 0. The largest absolute Gasteiger partial charge is 0.465 e. The van der Waals surface area contributed by atoms with Gasteiger partial charge in [-0.1, -0.05) is 136 Å².